The molecule has 0 radical (unpaired) electrons. The number of aldehydes is 1. The van der Waals surface area contributed by atoms with E-state index in [4.69, 9.17) is 37.9 Å². The molecule has 432 valence electrons. The van der Waals surface area contributed by atoms with Gasteiger partial charge < -0.3 is 109 Å². The average Bonchev–Trinajstić information content (AvgIpc) is 3.74. The lowest BCUT2D eigenvalue weighted by Crippen LogP contribution is -2.67. The van der Waals surface area contributed by atoms with Crippen molar-refractivity contribution in [1.29, 1.82) is 0 Å². The quantitative estimate of drug-likeness (QED) is 0.0482. The Balaban J connectivity index is 0.993. The first-order valence-corrected chi connectivity index (χ1v) is 27.3. The fourth-order valence-corrected chi connectivity index (χ4v) is 15.6. The third-order valence-corrected chi connectivity index (χ3v) is 20.2. The number of fused-ring (bicyclic) bond motifs is 5. The fraction of sp³-hybridized carbons (Fsp3) is 0.943. The molecule has 0 amide bonds. The van der Waals surface area contributed by atoms with Gasteiger partial charge in [-0.15, -0.1) is 0 Å². The van der Waals surface area contributed by atoms with Crippen molar-refractivity contribution in [3.8, 4) is 0 Å². The summed E-state index contributed by atoms with van der Waals surface area (Å²) in [6.45, 7) is 12.5. The summed E-state index contributed by atoms with van der Waals surface area (Å²) in [6, 6.07) is 0. The summed E-state index contributed by atoms with van der Waals surface area (Å²) in [6.07, 6.45) is -21.3. The number of ether oxygens (including phenoxy) is 8. The largest absolute Gasteiger partial charge is 0.394 e. The molecule has 4 aliphatic heterocycles. The normalized spacial score (nSPS) is 52.2. The number of aliphatic hydroxyl groups is 13. The molecule has 0 bridgehead atoms. The highest BCUT2D eigenvalue weighted by Gasteiger charge is 2.71. The second kappa shape index (κ2) is 23.2. The molecule has 8 rings (SSSR count). The second-order valence-corrected chi connectivity index (χ2v) is 24.6. The zero-order valence-corrected chi connectivity index (χ0v) is 44.3. The van der Waals surface area contributed by atoms with E-state index >= 15 is 0 Å². The van der Waals surface area contributed by atoms with Crippen LogP contribution in [0.2, 0.25) is 0 Å². The summed E-state index contributed by atoms with van der Waals surface area (Å²) in [5.41, 5.74) is -0.891. The van der Waals surface area contributed by atoms with Crippen LogP contribution in [0.15, 0.2) is 11.6 Å². The van der Waals surface area contributed by atoms with E-state index in [1.54, 1.807) is 0 Å². The van der Waals surface area contributed by atoms with E-state index in [1.807, 2.05) is 13.8 Å². The lowest BCUT2D eigenvalue weighted by molar-refractivity contribution is -0.378. The highest BCUT2D eigenvalue weighted by Crippen LogP contribution is 2.75. The van der Waals surface area contributed by atoms with Crippen molar-refractivity contribution in [3.05, 3.63) is 11.6 Å². The summed E-state index contributed by atoms with van der Waals surface area (Å²) in [5, 5.41) is 139. The summed E-state index contributed by atoms with van der Waals surface area (Å²) >= 11 is 0. The fourth-order valence-electron chi connectivity index (χ4n) is 15.6. The molecule has 0 aromatic rings. The van der Waals surface area contributed by atoms with Crippen molar-refractivity contribution < 1.29 is 109 Å². The number of carbonyl (C=O) groups is 1. The lowest BCUT2D eigenvalue weighted by Gasteiger charge is -2.69. The number of allylic oxidation sites excluding steroid dienone is 2. The van der Waals surface area contributed by atoms with Crippen LogP contribution in [-0.2, 0) is 42.7 Å². The van der Waals surface area contributed by atoms with Gasteiger partial charge in [-0.3, -0.25) is 0 Å². The third kappa shape index (κ3) is 10.6. The first-order valence-electron chi connectivity index (χ1n) is 27.3. The lowest BCUT2D eigenvalue weighted by atomic mass is 9.35. The van der Waals surface area contributed by atoms with Gasteiger partial charge >= 0.3 is 0 Å². The van der Waals surface area contributed by atoms with Gasteiger partial charge in [-0.1, -0.05) is 39.3 Å². The van der Waals surface area contributed by atoms with Gasteiger partial charge in [-0.25, -0.2) is 0 Å². The van der Waals surface area contributed by atoms with Crippen LogP contribution in [0.5, 0.6) is 0 Å². The first-order chi connectivity index (χ1) is 35.3. The average molecular weight is 1080 g/mol. The molecule has 13 N–H and O–H groups in total. The predicted octanol–water partition coefficient (Wildman–Crippen LogP) is -1.36. The van der Waals surface area contributed by atoms with Crippen LogP contribution in [-0.4, -0.2) is 228 Å². The number of rotatable bonds is 16. The van der Waals surface area contributed by atoms with E-state index in [-0.39, 0.29) is 34.5 Å². The van der Waals surface area contributed by atoms with E-state index in [0.29, 0.717) is 32.1 Å². The van der Waals surface area contributed by atoms with E-state index in [2.05, 4.69) is 33.8 Å². The van der Waals surface area contributed by atoms with Gasteiger partial charge in [0.15, 0.2) is 25.2 Å². The number of hydrogen-bond acceptors (Lipinski definition) is 22. The Hall–Kier alpha value is -1.43. The molecule has 0 aromatic carbocycles. The molecule has 0 unspecified atom stereocenters. The second-order valence-electron chi connectivity index (χ2n) is 24.6. The third-order valence-electron chi connectivity index (χ3n) is 20.2. The Bertz CT molecular complexity index is 1940. The maximum atomic E-state index is 14.1. The van der Waals surface area contributed by atoms with Crippen LogP contribution in [0, 0.1) is 45.3 Å². The number of carbonyl (C=O) groups excluding carboxylic acids is 1. The van der Waals surface area contributed by atoms with Crippen molar-refractivity contribution in [2.24, 2.45) is 45.3 Å². The van der Waals surface area contributed by atoms with Gasteiger partial charge in [-0.2, -0.15) is 0 Å². The number of hydrogen-bond donors (Lipinski definition) is 13. The van der Waals surface area contributed by atoms with Crippen LogP contribution in [0.25, 0.3) is 0 Å². The zero-order valence-electron chi connectivity index (χ0n) is 44.3. The Labute approximate surface area is 438 Å². The topological polar surface area (TPSA) is 354 Å². The molecule has 8 fully saturated rings. The monoisotopic (exact) mass is 1080 g/mol. The van der Waals surface area contributed by atoms with Gasteiger partial charge in [0.1, 0.15) is 97.8 Å². The number of aliphatic hydroxyl groups excluding tert-OH is 13. The summed E-state index contributed by atoms with van der Waals surface area (Å²) in [5.74, 6) is -0.0667. The van der Waals surface area contributed by atoms with Gasteiger partial charge in [0, 0.05) is 5.41 Å². The highest BCUT2D eigenvalue weighted by atomic mass is 16.8. The van der Waals surface area contributed by atoms with Crippen molar-refractivity contribution >= 4 is 6.29 Å². The molecule has 0 aromatic heterocycles. The maximum absolute atomic E-state index is 14.1. The molecule has 22 heteroatoms. The standard InChI is InChI=1S/C53H88O22/c1-23(2)9-8-10-27(70-47-43(66)40(63)37(60)30(73-47)21-68-46-42(65)38(61)34(57)24(3)69-46)25-13-16-51(6)26(25)11-12-32-52(51,7)17-14-31-50(4,5)33(15-18-53(31,32)22-56)74-49-45(41(64)36(59)29(20-55)72-49)75-48-44(67)39(62)35(58)28(19-54)71-48/h9,22,24-49,54-55,57-67H,8,10-21H2,1-7H3/t24-,25-,26+,27-,28+,29+,30+,31+,32-,33+,34-,35+,36+,37+,38+,39-,40-,41-,42+,43+,44+,45+,46+,47+,48-,49-,51+,52+,53-/m0/s1. The smallest absolute Gasteiger partial charge is 0.187 e. The van der Waals surface area contributed by atoms with E-state index < -0.39 is 166 Å². The molecule has 4 saturated carbocycles. The highest BCUT2D eigenvalue weighted by molar-refractivity contribution is 5.62. The van der Waals surface area contributed by atoms with Crippen LogP contribution >= 0.6 is 0 Å². The SMILES string of the molecule is CC(C)=CCC[C@H](O[C@@H]1O[C@H](CO[C@@H]2O[C@@H](C)[C@H](O)[C@@H](O)[C@H]2O)[C@@H](O)[C@H](O)[C@H]1O)[C@H]1CC[C@]2(C)[C@@H]1CC[C@@H]1[C@]3(C=O)CC[C@@H](O[C@@H]4O[C@H](CO)[C@@H](O)[C@H](O)[C@H]4O[C@@H]4O[C@H](CO)[C@@H](O)[C@H](O)[C@H]4O)C(C)(C)[C@H]3CC[C@]12C. The zero-order chi connectivity index (χ0) is 54.9. The maximum Gasteiger partial charge on any atom is 0.187 e. The Kier molecular flexibility index (Phi) is 18.5. The van der Waals surface area contributed by atoms with Crippen molar-refractivity contribution in [1.82, 2.24) is 0 Å². The minimum Gasteiger partial charge on any atom is -0.394 e. The summed E-state index contributed by atoms with van der Waals surface area (Å²) < 4.78 is 48.7. The van der Waals surface area contributed by atoms with Gasteiger partial charge in [0.05, 0.1) is 38.1 Å². The molecule has 4 heterocycles. The summed E-state index contributed by atoms with van der Waals surface area (Å²) in [7, 11) is 0. The first kappa shape index (κ1) is 59.7. The van der Waals surface area contributed by atoms with Gasteiger partial charge in [0.2, 0.25) is 0 Å². The molecule has 4 aliphatic carbocycles. The molecule has 4 saturated heterocycles. The van der Waals surface area contributed by atoms with Crippen LogP contribution in [0.1, 0.15) is 113 Å². The molecule has 29 atom stereocenters. The Morgan fingerprint density at radius 3 is 1.80 bits per heavy atom. The van der Waals surface area contributed by atoms with E-state index in [9.17, 15) is 71.2 Å². The molecule has 8 aliphatic rings. The van der Waals surface area contributed by atoms with Gasteiger partial charge in [-0.05, 0) is 125 Å². The molecular formula is C53H88O22. The molecular weight excluding hydrogens is 989 g/mol. The molecule has 0 spiro atoms. The van der Waals surface area contributed by atoms with Crippen molar-refractivity contribution in [2.45, 2.75) is 248 Å². The van der Waals surface area contributed by atoms with E-state index in [0.717, 1.165) is 37.7 Å². The van der Waals surface area contributed by atoms with E-state index in [1.165, 1.54) is 13.2 Å². The van der Waals surface area contributed by atoms with Gasteiger partial charge in [0.25, 0.3) is 0 Å². The Morgan fingerprint density at radius 2 is 1.16 bits per heavy atom. The molecule has 22 nitrogen and oxygen atoms in total. The van der Waals surface area contributed by atoms with Crippen LogP contribution in [0.4, 0.5) is 0 Å². The summed E-state index contributed by atoms with van der Waals surface area (Å²) in [4.78, 5) is 14.1. The minimum absolute atomic E-state index is 0.0104. The van der Waals surface area contributed by atoms with Crippen molar-refractivity contribution in [2.75, 3.05) is 19.8 Å². The minimum atomic E-state index is -1.83. The molecule has 75 heavy (non-hydrogen) atoms. The van der Waals surface area contributed by atoms with Crippen LogP contribution < -0.4 is 0 Å². The predicted molar refractivity (Wildman–Crippen MR) is 259 cm³/mol. The Morgan fingerprint density at radius 1 is 0.587 bits per heavy atom. The van der Waals surface area contributed by atoms with Crippen molar-refractivity contribution in [3.63, 3.8) is 0 Å². The van der Waals surface area contributed by atoms with Crippen LogP contribution in [0.3, 0.4) is 0 Å².